The van der Waals surface area contributed by atoms with Crippen molar-refractivity contribution in [1.82, 2.24) is 4.90 Å². The third-order valence-corrected chi connectivity index (χ3v) is 5.46. The topological polar surface area (TPSA) is 49.5 Å². The van der Waals surface area contributed by atoms with Crippen LogP contribution in [0.1, 0.15) is 48.4 Å². The first-order valence-corrected chi connectivity index (χ1v) is 8.43. The van der Waals surface area contributed by atoms with Gasteiger partial charge in [0.25, 0.3) is 0 Å². The van der Waals surface area contributed by atoms with Crippen LogP contribution in [0.3, 0.4) is 0 Å². The van der Waals surface area contributed by atoms with Crippen molar-refractivity contribution in [3.63, 3.8) is 0 Å². The Hall–Kier alpha value is -0.770. The van der Waals surface area contributed by atoms with E-state index in [-0.39, 0.29) is 6.04 Å². The van der Waals surface area contributed by atoms with Gasteiger partial charge in [0.2, 0.25) is 0 Å². The van der Waals surface area contributed by atoms with Crippen LogP contribution in [0.25, 0.3) is 0 Å². The molecule has 2 aliphatic rings. The zero-order chi connectivity index (χ0) is 15.0. The molecule has 1 saturated heterocycles. The molecular formula is C17H25ClN2O. The Kier molecular flexibility index (Phi) is 4.43. The van der Waals surface area contributed by atoms with Gasteiger partial charge in [0.05, 0.1) is 5.02 Å². The molecule has 1 fully saturated rings. The van der Waals surface area contributed by atoms with Crippen LogP contribution in [0.4, 0.5) is 0 Å². The van der Waals surface area contributed by atoms with Gasteiger partial charge in [-0.2, -0.15) is 0 Å². The van der Waals surface area contributed by atoms with Crippen molar-refractivity contribution in [2.24, 2.45) is 11.7 Å². The molecule has 0 spiro atoms. The first kappa shape index (κ1) is 15.1. The number of benzene rings is 1. The fraction of sp³-hybridized carbons (Fsp3) is 0.647. The summed E-state index contributed by atoms with van der Waals surface area (Å²) in [6.07, 6.45) is 6.86. The maximum atomic E-state index is 10.6. The van der Waals surface area contributed by atoms with Gasteiger partial charge in [0.15, 0.2) is 0 Å². The van der Waals surface area contributed by atoms with Crippen molar-refractivity contribution in [1.29, 1.82) is 0 Å². The van der Waals surface area contributed by atoms with Gasteiger partial charge >= 0.3 is 0 Å². The van der Waals surface area contributed by atoms with Crippen LogP contribution >= 0.6 is 11.6 Å². The summed E-state index contributed by atoms with van der Waals surface area (Å²) in [7, 11) is 2.13. The molecule has 21 heavy (non-hydrogen) atoms. The van der Waals surface area contributed by atoms with Crippen molar-refractivity contribution < 1.29 is 5.11 Å². The van der Waals surface area contributed by atoms with E-state index in [1.54, 1.807) is 0 Å². The summed E-state index contributed by atoms with van der Waals surface area (Å²) in [5.74, 6) is 0.812. The molecule has 0 bridgehead atoms. The molecule has 2 unspecified atom stereocenters. The van der Waals surface area contributed by atoms with Crippen molar-refractivity contribution in [3.05, 3.63) is 27.8 Å². The summed E-state index contributed by atoms with van der Waals surface area (Å²) >= 11 is 6.31. The molecule has 3 nitrogen and oxygen atoms in total. The minimum atomic E-state index is 0.254. The van der Waals surface area contributed by atoms with Gasteiger partial charge in [-0.05, 0) is 68.8 Å². The van der Waals surface area contributed by atoms with Gasteiger partial charge < -0.3 is 10.8 Å². The van der Waals surface area contributed by atoms with Gasteiger partial charge in [-0.15, -0.1) is 0 Å². The predicted molar refractivity (Wildman–Crippen MR) is 86.9 cm³/mol. The average Bonchev–Trinajstić information content (AvgIpc) is 2.68. The number of hydrogen-bond donors (Lipinski definition) is 2. The molecule has 4 heteroatoms. The zero-order valence-corrected chi connectivity index (χ0v) is 13.5. The van der Waals surface area contributed by atoms with Crippen molar-refractivity contribution in [2.75, 3.05) is 20.1 Å². The Balaban J connectivity index is 2.06. The second-order valence-corrected chi connectivity index (χ2v) is 7.02. The lowest BCUT2D eigenvalue weighted by molar-refractivity contribution is 0.304. The highest BCUT2D eigenvalue weighted by molar-refractivity contribution is 6.32. The van der Waals surface area contributed by atoms with Crippen LogP contribution in [0.5, 0.6) is 5.75 Å². The lowest BCUT2D eigenvalue weighted by Gasteiger charge is -2.25. The maximum Gasteiger partial charge on any atom is 0.139 e. The van der Waals surface area contributed by atoms with Gasteiger partial charge in [-0.25, -0.2) is 0 Å². The molecule has 0 saturated carbocycles. The Bertz CT molecular complexity index is 532. The minimum Gasteiger partial charge on any atom is -0.506 e. The van der Waals surface area contributed by atoms with Crippen LogP contribution in [-0.2, 0) is 12.8 Å². The van der Waals surface area contributed by atoms with Gasteiger partial charge in [-0.3, -0.25) is 4.90 Å². The zero-order valence-electron chi connectivity index (χ0n) is 12.7. The highest BCUT2D eigenvalue weighted by Crippen LogP contribution is 2.45. The number of halogens is 1. The Morgan fingerprint density at radius 1 is 1.33 bits per heavy atom. The third kappa shape index (κ3) is 2.79. The van der Waals surface area contributed by atoms with E-state index in [4.69, 9.17) is 17.3 Å². The summed E-state index contributed by atoms with van der Waals surface area (Å²) in [4.78, 5) is 2.33. The SMILES string of the molecule is CN1CC(CN)CC1c1c(O)c(Cl)cc2c1CCCCC2. The number of likely N-dealkylation sites (tertiary alicyclic amines) is 1. The number of nitrogens with zero attached hydrogens (tertiary/aromatic N) is 1. The molecule has 0 aromatic heterocycles. The minimum absolute atomic E-state index is 0.254. The molecule has 1 heterocycles. The number of rotatable bonds is 2. The fourth-order valence-corrected chi connectivity index (χ4v) is 4.27. The maximum absolute atomic E-state index is 10.6. The van der Waals surface area contributed by atoms with E-state index in [1.807, 2.05) is 6.07 Å². The highest BCUT2D eigenvalue weighted by Gasteiger charge is 2.34. The largest absolute Gasteiger partial charge is 0.506 e. The van der Waals surface area contributed by atoms with Gasteiger partial charge in [0, 0.05) is 18.2 Å². The van der Waals surface area contributed by atoms with Gasteiger partial charge in [0.1, 0.15) is 5.75 Å². The van der Waals surface area contributed by atoms with Crippen LogP contribution in [0.2, 0.25) is 5.02 Å². The molecule has 0 amide bonds. The molecular weight excluding hydrogens is 284 g/mol. The molecule has 116 valence electrons. The number of nitrogens with two attached hydrogens (primary N) is 1. The number of phenolic OH excluding ortho intramolecular Hbond substituents is 1. The first-order chi connectivity index (χ1) is 10.1. The second-order valence-electron chi connectivity index (χ2n) is 6.61. The summed E-state index contributed by atoms with van der Waals surface area (Å²) in [5, 5.41) is 11.1. The molecule has 3 rings (SSSR count). The van der Waals surface area contributed by atoms with E-state index in [0.717, 1.165) is 31.4 Å². The number of fused-ring (bicyclic) bond motifs is 1. The third-order valence-electron chi connectivity index (χ3n) is 5.17. The number of phenols is 1. The quantitative estimate of drug-likeness (QED) is 0.824. The lowest BCUT2D eigenvalue weighted by Crippen LogP contribution is -2.21. The van der Waals surface area contributed by atoms with Crippen molar-refractivity contribution in [2.45, 2.75) is 44.6 Å². The summed E-state index contributed by atoms with van der Waals surface area (Å²) in [6.45, 7) is 1.71. The van der Waals surface area contributed by atoms with Crippen molar-refractivity contribution in [3.8, 4) is 5.75 Å². The number of aryl methyl sites for hydroxylation is 1. The van der Waals surface area contributed by atoms with Crippen LogP contribution in [0.15, 0.2) is 6.07 Å². The summed E-state index contributed by atoms with van der Waals surface area (Å²) in [6, 6.07) is 2.24. The average molecular weight is 309 g/mol. The van der Waals surface area contributed by atoms with E-state index in [9.17, 15) is 5.11 Å². The number of hydrogen-bond acceptors (Lipinski definition) is 3. The highest BCUT2D eigenvalue weighted by atomic mass is 35.5. The van der Waals surface area contributed by atoms with Crippen LogP contribution < -0.4 is 5.73 Å². The van der Waals surface area contributed by atoms with E-state index >= 15 is 0 Å². The standard InChI is InChI=1S/C17H25ClN2O/c1-20-10-11(9-19)7-15(20)16-13-6-4-2-3-5-12(13)8-14(18)17(16)21/h8,11,15,21H,2-7,9-10,19H2,1H3. The fourth-order valence-electron chi connectivity index (χ4n) is 4.04. The molecule has 0 radical (unpaired) electrons. The van der Waals surface area contributed by atoms with E-state index < -0.39 is 0 Å². The lowest BCUT2D eigenvalue weighted by atomic mass is 9.89. The Morgan fingerprint density at radius 2 is 2.10 bits per heavy atom. The van der Waals surface area contributed by atoms with Crippen LogP contribution in [-0.4, -0.2) is 30.1 Å². The molecule has 1 aliphatic carbocycles. The predicted octanol–water partition coefficient (Wildman–Crippen LogP) is 3.27. The normalized spacial score (nSPS) is 26.6. The smallest absolute Gasteiger partial charge is 0.139 e. The second kappa shape index (κ2) is 6.15. The Morgan fingerprint density at radius 3 is 2.81 bits per heavy atom. The number of aromatic hydroxyl groups is 1. The summed E-state index contributed by atoms with van der Waals surface area (Å²) < 4.78 is 0. The van der Waals surface area contributed by atoms with E-state index in [2.05, 4.69) is 11.9 Å². The van der Waals surface area contributed by atoms with E-state index in [0.29, 0.717) is 23.2 Å². The molecule has 1 aromatic carbocycles. The molecule has 1 aromatic rings. The van der Waals surface area contributed by atoms with Crippen LogP contribution in [0, 0.1) is 5.92 Å². The summed E-state index contributed by atoms with van der Waals surface area (Å²) in [5.41, 5.74) is 9.63. The Labute approximate surface area is 132 Å². The molecule has 1 aliphatic heterocycles. The molecule has 2 atom stereocenters. The monoisotopic (exact) mass is 308 g/mol. The van der Waals surface area contributed by atoms with E-state index in [1.165, 1.54) is 30.4 Å². The van der Waals surface area contributed by atoms with Crippen molar-refractivity contribution >= 4 is 11.6 Å². The molecule has 3 N–H and O–H groups in total. The van der Waals surface area contributed by atoms with Gasteiger partial charge in [-0.1, -0.05) is 18.0 Å². The first-order valence-electron chi connectivity index (χ1n) is 8.05.